The van der Waals surface area contributed by atoms with E-state index in [2.05, 4.69) is 21.3 Å². The number of hydrogen-bond acceptors (Lipinski definition) is 6. The number of carbonyl (C=O) groups is 5. The van der Waals surface area contributed by atoms with Crippen LogP contribution in [-0.4, -0.2) is 54.8 Å². The van der Waals surface area contributed by atoms with Crippen molar-refractivity contribution in [2.45, 2.75) is 82.9 Å². The van der Waals surface area contributed by atoms with Gasteiger partial charge in [-0.1, -0.05) is 73.8 Å². The predicted octanol–water partition coefficient (Wildman–Crippen LogP) is 4.95. The summed E-state index contributed by atoms with van der Waals surface area (Å²) in [5, 5.41) is 10.3. The Kier molecular flexibility index (Phi) is 11.9. The number of halogens is 3. The number of Topliss-reactive ketones (excluding diaryl/α,β-unsaturated/α-hetero) is 1. The van der Waals surface area contributed by atoms with Crippen molar-refractivity contribution in [3.05, 3.63) is 70.7 Å². The van der Waals surface area contributed by atoms with Crippen molar-refractivity contribution in [2.24, 2.45) is 11.3 Å². The van der Waals surface area contributed by atoms with Crippen molar-refractivity contribution in [1.82, 2.24) is 21.3 Å². The first-order valence-electron chi connectivity index (χ1n) is 15.9. The van der Waals surface area contributed by atoms with Crippen molar-refractivity contribution in [2.75, 3.05) is 13.1 Å². The molecule has 47 heavy (non-hydrogen) atoms. The minimum atomic E-state index is -3.72. The van der Waals surface area contributed by atoms with Gasteiger partial charge in [0.05, 0.1) is 6.04 Å². The van der Waals surface area contributed by atoms with E-state index < -0.39 is 59.3 Å². The van der Waals surface area contributed by atoms with Crippen molar-refractivity contribution < 1.29 is 37.5 Å². The molecule has 13 heteroatoms. The molecule has 2 aliphatic rings. The smallest absolute Gasteiger partial charge is 0.408 e. The Morgan fingerprint density at radius 1 is 1.04 bits per heavy atom. The lowest BCUT2D eigenvalue weighted by Gasteiger charge is -2.43. The normalized spacial score (nSPS) is 18.9. The minimum Gasteiger partial charge on any atom is -0.434 e. The molecule has 4 rings (SSSR count). The number of nitrogens with one attached hydrogen (secondary N) is 4. The molecule has 2 aromatic carbocycles. The molecule has 0 spiro atoms. The van der Waals surface area contributed by atoms with Crippen LogP contribution in [-0.2, 0) is 29.8 Å². The summed E-state index contributed by atoms with van der Waals surface area (Å²) in [6, 6.07) is 9.94. The highest BCUT2D eigenvalue weighted by molar-refractivity contribution is 6.38. The number of carbonyl (C=O) groups excluding carboxylic acids is 5. The maximum absolute atomic E-state index is 16.0. The SMILES string of the molecule is CCNC(=O)C(=O)[C@H](C[C@@H]1CCNC1=O)NC(=O)[C@H](CC1(CC)CCC1)NC(=O)O[C@@H](c1ccccc1)C(F)(F)c1cccc(Cl)c1. The van der Waals surface area contributed by atoms with Crippen LogP contribution in [0.25, 0.3) is 0 Å². The molecular weight excluding hydrogens is 634 g/mol. The van der Waals surface area contributed by atoms with Crippen molar-refractivity contribution in [3.63, 3.8) is 0 Å². The number of ether oxygens (including phenoxy) is 1. The summed E-state index contributed by atoms with van der Waals surface area (Å²) in [5.41, 5.74) is -0.758. The molecule has 254 valence electrons. The molecule has 4 atom stereocenters. The molecule has 0 unspecified atom stereocenters. The van der Waals surface area contributed by atoms with Crippen LogP contribution in [0.3, 0.4) is 0 Å². The van der Waals surface area contributed by atoms with Crippen molar-refractivity contribution in [1.29, 1.82) is 0 Å². The minimum absolute atomic E-state index is 0.0140. The zero-order chi connectivity index (χ0) is 34.2. The second-order valence-electron chi connectivity index (χ2n) is 12.2. The Bertz CT molecular complexity index is 1450. The topological polar surface area (TPSA) is 143 Å². The summed E-state index contributed by atoms with van der Waals surface area (Å²) in [5.74, 6) is -7.26. The largest absolute Gasteiger partial charge is 0.434 e. The van der Waals surface area contributed by atoms with Gasteiger partial charge in [-0.05, 0) is 62.1 Å². The molecule has 4 N–H and O–H groups in total. The highest BCUT2D eigenvalue weighted by Crippen LogP contribution is 2.48. The number of likely N-dealkylation sites (N-methyl/N-ethyl adjacent to an activating group) is 1. The van der Waals surface area contributed by atoms with Crippen LogP contribution < -0.4 is 21.3 Å². The molecule has 1 saturated heterocycles. The van der Waals surface area contributed by atoms with E-state index in [-0.39, 0.29) is 41.3 Å². The highest BCUT2D eigenvalue weighted by Gasteiger charge is 2.47. The third-order valence-electron chi connectivity index (χ3n) is 9.15. The van der Waals surface area contributed by atoms with Gasteiger partial charge in [0.2, 0.25) is 17.6 Å². The van der Waals surface area contributed by atoms with Gasteiger partial charge in [-0.25, -0.2) is 4.79 Å². The molecule has 0 radical (unpaired) electrons. The lowest BCUT2D eigenvalue weighted by Crippen LogP contribution is -2.56. The average molecular weight is 675 g/mol. The zero-order valence-corrected chi connectivity index (χ0v) is 27.2. The molecule has 10 nitrogen and oxygen atoms in total. The highest BCUT2D eigenvalue weighted by atomic mass is 35.5. The van der Waals surface area contributed by atoms with Gasteiger partial charge < -0.3 is 26.0 Å². The number of rotatable bonds is 15. The Balaban J connectivity index is 1.60. The Morgan fingerprint density at radius 3 is 2.34 bits per heavy atom. The molecular formula is C34H41ClF2N4O6. The first-order valence-corrected chi connectivity index (χ1v) is 16.3. The summed E-state index contributed by atoms with van der Waals surface area (Å²) in [7, 11) is 0. The van der Waals surface area contributed by atoms with Crippen LogP contribution in [0.2, 0.25) is 5.02 Å². The third-order valence-corrected chi connectivity index (χ3v) is 9.39. The van der Waals surface area contributed by atoms with Crippen LogP contribution in [0.4, 0.5) is 13.6 Å². The van der Waals surface area contributed by atoms with E-state index in [0.717, 1.165) is 25.3 Å². The van der Waals surface area contributed by atoms with E-state index in [1.807, 2.05) is 6.92 Å². The second kappa shape index (κ2) is 15.7. The Labute approximate surface area is 277 Å². The van der Waals surface area contributed by atoms with E-state index in [4.69, 9.17) is 16.3 Å². The van der Waals surface area contributed by atoms with Gasteiger partial charge >= 0.3 is 12.0 Å². The predicted molar refractivity (Wildman–Crippen MR) is 170 cm³/mol. The number of benzene rings is 2. The van der Waals surface area contributed by atoms with Crippen LogP contribution in [0.1, 0.15) is 76.0 Å². The Hall–Kier alpha value is -4.06. The van der Waals surface area contributed by atoms with Crippen LogP contribution >= 0.6 is 11.6 Å². The van der Waals surface area contributed by atoms with Gasteiger partial charge in [-0.3, -0.25) is 19.2 Å². The third kappa shape index (κ3) is 8.85. The summed E-state index contributed by atoms with van der Waals surface area (Å²) in [6.45, 7) is 4.17. The van der Waals surface area contributed by atoms with Crippen molar-refractivity contribution in [3.8, 4) is 0 Å². The summed E-state index contributed by atoms with van der Waals surface area (Å²) < 4.78 is 37.4. The van der Waals surface area contributed by atoms with Gasteiger partial charge in [0.25, 0.3) is 5.91 Å². The average Bonchev–Trinajstić information content (AvgIpc) is 3.44. The number of alkyl halides is 2. The number of hydrogen-bond donors (Lipinski definition) is 4. The van der Waals surface area contributed by atoms with E-state index in [1.54, 1.807) is 13.0 Å². The second-order valence-corrected chi connectivity index (χ2v) is 12.7. The lowest BCUT2D eigenvalue weighted by molar-refractivity contribution is -0.141. The van der Waals surface area contributed by atoms with E-state index >= 15 is 8.78 Å². The van der Waals surface area contributed by atoms with Gasteiger partial charge in [0.1, 0.15) is 6.04 Å². The van der Waals surface area contributed by atoms with Crippen LogP contribution in [0.15, 0.2) is 54.6 Å². The Morgan fingerprint density at radius 2 is 1.77 bits per heavy atom. The van der Waals surface area contributed by atoms with Crippen LogP contribution in [0, 0.1) is 11.3 Å². The molecule has 2 fully saturated rings. The lowest BCUT2D eigenvalue weighted by atomic mass is 9.63. The molecule has 1 heterocycles. The number of alkyl carbamates (subject to hydrolysis) is 1. The molecule has 1 aliphatic heterocycles. The fraction of sp³-hybridized carbons (Fsp3) is 0.500. The summed E-state index contributed by atoms with van der Waals surface area (Å²) >= 11 is 6.00. The van der Waals surface area contributed by atoms with E-state index in [0.29, 0.717) is 19.4 Å². The zero-order valence-electron chi connectivity index (χ0n) is 26.5. The molecule has 1 saturated carbocycles. The van der Waals surface area contributed by atoms with Gasteiger partial charge in [-0.15, -0.1) is 0 Å². The molecule has 0 aromatic heterocycles. The maximum Gasteiger partial charge on any atom is 0.408 e. The molecule has 1 aliphatic carbocycles. The molecule has 2 aromatic rings. The first-order chi connectivity index (χ1) is 22.4. The van der Waals surface area contributed by atoms with Gasteiger partial charge in [-0.2, -0.15) is 8.78 Å². The number of amides is 4. The van der Waals surface area contributed by atoms with Crippen molar-refractivity contribution >= 4 is 41.2 Å². The summed E-state index contributed by atoms with van der Waals surface area (Å²) in [6.07, 6.45) is 0.279. The fourth-order valence-electron chi connectivity index (χ4n) is 6.19. The molecule has 4 amide bonds. The van der Waals surface area contributed by atoms with Gasteiger partial charge in [0.15, 0.2) is 6.10 Å². The van der Waals surface area contributed by atoms with Gasteiger partial charge in [0, 0.05) is 29.6 Å². The summed E-state index contributed by atoms with van der Waals surface area (Å²) in [4.78, 5) is 65.2. The molecule has 0 bridgehead atoms. The van der Waals surface area contributed by atoms with Crippen LogP contribution in [0.5, 0.6) is 0 Å². The maximum atomic E-state index is 16.0. The standard InChI is InChI=1S/C34H41ClF2N4O6/c1-3-33(15-9-16-33)20-26(30(44)40-25(27(42)31(45)38-4-2)18-22-14-17-39-29(22)43)41-32(46)47-28(21-10-6-5-7-11-21)34(36,37)23-12-8-13-24(35)19-23/h5-8,10-13,19,22,25-26,28H,3-4,9,14-18,20H2,1-2H3,(H,38,45)(H,39,43)(H,40,44)(H,41,46)/t22-,25-,26-,28-/m0/s1. The number of ketones is 1. The monoisotopic (exact) mass is 674 g/mol. The first kappa shape index (κ1) is 35.8. The van der Waals surface area contributed by atoms with E-state index in [9.17, 15) is 24.0 Å². The fourth-order valence-corrected chi connectivity index (χ4v) is 6.39. The quantitative estimate of drug-likeness (QED) is 0.197. The van der Waals surface area contributed by atoms with E-state index in [1.165, 1.54) is 42.5 Å².